The predicted octanol–water partition coefficient (Wildman–Crippen LogP) is 4.37. The Balaban J connectivity index is 2.19. The molecule has 0 aliphatic rings. The van der Waals surface area contributed by atoms with Crippen LogP contribution in [0, 0.1) is 19.7 Å². The Morgan fingerprint density at radius 1 is 1.16 bits per heavy atom. The lowest BCUT2D eigenvalue weighted by Crippen LogP contribution is -2.01. The third-order valence-corrected chi connectivity index (χ3v) is 3.61. The number of hydrogen-bond acceptors (Lipinski definition) is 2. The first-order valence-electron chi connectivity index (χ1n) is 5.91. The molecule has 0 heterocycles. The minimum atomic E-state index is -0.268. The summed E-state index contributed by atoms with van der Waals surface area (Å²) in [6.07, 6.45) is 0. The zero-order chi connectivity index (χ0) is 14.0. The smallest absolute Gasteiger partial charge is 0.125 e. The summed E-state index contributed by atoms with van der Waals surface area (Å²) in [5.74, 6) is 0.556. The van der Waals surface area contributed by atoms with E-state index in [4.69, 9.17) is 10.5 Å². The van der Waals surface area contributed by atoms with Crippen LogP contribution in [-0.4, -0.2) is 0 Å². The highest BCUT2D eigenvalue weighted by Crippen LogP contribution is 2.27. The molecule has 0 saturated heterocycles. The van der Waals surface area contributed by atoms with Crippen molar-refractivity contribution in [3.05, 3.63) is 57.3 Å². The minimum Gasteiger partial charge on any atom is -0.488 e. The van der Waals surface area contributed by atoms with Crippen LogP contribution in [-0.2, 0) is 6.61 Å². The standard InChI is InChI=1S/C15H15BrFNO/c1-9-5-13(18)6-10(2)15(9)19-8-11-3-4-12(17)7-14(11)16/h3-7H,8,18H2,1-2H3. The van der Waals surface area contributed by atoms with Gasteiger partial charge in [0.1, 0.15) is 18.2 Å². The average molecular weight is 324 g/mol. The van der Waals surface area contributed by atoms with E-state index in [0.29, 0.717) is 11.1 Å². The molecule has 0 bridgehead atoms. The first-order chi connectivity index (χ1) is 8.97. The lowest BCUT2D eigenvalue weighted by molar-refractivity contribution is 0.301. The Hall–Kier alpha value is -1.55. The van der Waals surface area contributed by atoms with Crippen LogP contribution < -0.4 is 10.5 Å². The number of nitrogens with two attached hydrogens (primary N) is 1. The highest BCUT2D eigenvalue weighted by molar-refractivity contribution is 9.10. The lowest BCUT2D eigenvalue weighted by Gasteiger charge is -2.13. The maximum atomic E-state index is 13.0. The fourth-order valence-corrected chi connectivity index (χ4v) is 2.47. The van der Waals surface area contributed by atoms with E-state index in [-0.39, 0.29) is 5.82 Å². The van der Waals surface area contributed by atoms with Gasteiger partial charge >= 0.3 is 0 Å². The molecule has 0 unspecified atom stereocenters. The van der Waals surface area contributed by atoms with E-state index < -0.39 is 0 Å². The van der Waals surface area contributed by atoms with Gasteiger partial charge in [-0.25, -0.2) is 4.39 Å². The Bertz CT molecular complexity index is 590. The van der Waals surface area contributed by atoms with Crippen molar-refractivity contribution in [1.29, 1.82) is 0 Å². The molecular formula is C15H15BrFNO. The largest absolute Gasteiger partial charge is 0.488 e. The summed E-state index contributed by atoms with van der Waals surface area (Å²) in [6.45, 7) is 4.29. The Morgan fingerprint density at radius 2 is 1.79 bits per heavy atom. The quantitative estimate of drug-likeness (QED) is 0.851. The number of rotatable bonds is 3. The summed E-state index contributed by atoms with van der Waals surface area (Å²) in [5, 5.41) is 0. The van der Waals surface area contributed by atoms with Gasteiger partial charge < -0.3 is 10.5 Å². The second-order valence-corrected chi connectivity index (χ2v) is 5.36. The zero-order valence-corrected chi connectivity index (χ0v) is 12.4. The second-order valence-electron chi connectivity index (χ2n) is 4.51. The van der Waals surface area contributed by atoms with Crippen molar-refractivity contribution in [1.82, 2.24) is 0 Å². The summed E-state index contributed by atoms with van der Waals surface area (Å²) in [5.41, 5.74) is 9.39. The van der Waals surface area contributed by atoms with E-state index in [0.717, 1.165) is 28.1 Å². The fraction of sp³-hybridized carbons (Fsp3) is 0.200. The molecule has 0 radical (unpaired) electrons. The van der Waals surface area contributed by atoms with Crippen molar-refractivity contribution < 1.29 is 9.13 Å². The molecule has 0 aliphatic carbocycles. The molecule has 2 aromatic rings. The van der Waals surface area contributed by atoms with Gasteiger partial charge in [-0.15, -0.1) is 0 Å². The molecule has 2 aromatic carbocycles. The molecule has 100 valence electrons. The number of hydrogen-bond donors (Lipinski definition) is 1. The highest BCUT2D eigenvalue weighted by Gasteiger charge is 2.07. The van der Waals surface area contributed by atoms with Crippen LogP contribution in [0.3, 0.4) is 0 Å². The van der Waals surface area contributed by atoms with Crippen LogP contribution >= 0.6 is 15.9 Å². The van der Waals surface area contributed by atoms with E-state index >= 15 is 0 Å². The Morgan fingerprint density at radius 3 is 2.37 bits per heavy atom. The van der Waals surface area contributed by atoms with Gasteiger partial charge in [-0.1, -0.05) is 22.0 Å². The molecule has 0 spiro atoms. The van der Waals surface area contributed by atoms with Gasteiger partial charge in [0, 0.05) is 15.7 Å². The molecule has 0 atom stereocenters. The van der Waals surface area contributed by atoms with Crippen LogP contribution in [0.2, 0.25) is 0 Å². The van der Waals surface area contributed by atoms with Crippen molar-refractivity contribution in [3.63, 3.8) is 0 Å². The van der Waals surface area contributed by atoms with Gasteiger partial charge in [0.15, 0.2) is 0 Å². The second kappa shape index (κ2) is 5.61. The van der Waals surface area contributed by atoms with E-state index in [1.165, 1.54) is 12.1 Å². The molecule has 19 heavy (non-hydrogen) atoms. The molecule has 4 heteroatoms. The van der Waals surface area contributed by atoms with Crippen molar-refractivity contribution in [3.8, 4) is 5.75 Å². The normalized spacial score (nSPS) is 10.5. The minimum absolute atomic E-state index is 0.268. The van der Waals surface area contributed by atoms with Crippen LogP contribution in [0.1, 0.15) is 16.7 Å². The molecular weight excluding hydrogens is 309 g/mol. The Kier molecular flexibility index (Phi) is 4.10. The number of halogens is 2. The van der Waals surface area contributed by atoms with Crippen molar-refractivity contribution in [2.75, 3.05) is 5.73 Å². The summed E-state index contributed by atoms with van der Waals surface area (Å²) in [4.78, 5) is 0. The number of anilines is 1. The molecule has 0 saturated carbocycles. The summed E-state index contributed by atoms with van der Waals surface area (Å²) < 4.78 is 19.5. The molecule has 0 fully saturated rings. The van der Waals surface area contributed by atoms with E-state index in [2.05, 4.69) is 15.9 Å². The van der Waals surface area contributed by atoms with Crippen molar-refractivity contribution in [2.24, 2.45) is 0 Å². The maximum Gasteiger partial charge on any atom is 0.125 e. The molecule has 2 rings (SSSR count). The van der Waals surface area contributed by atoms with Crippen LogP contribution in [0.5, 0.6) is 5.75 Å². The Labute approximate surface area is 120 Å². The van der Waals surface area contributed by atoms with Crippen LogP contribution in [0.4, 0.5) is 10.1 Å². The number of benzene rings is 2. The molecule has 0 amide bonds. The molecule has 0 aromatic heterocycles. The predicted molar refractivity (Wildman–Crippen MR) is 78.8 cm³/mol. The maximum absolute atomic E-state index is 13.0. The van der Waals surface area contributed by atoms with Crippen LogP contribution in [0.25, 0.3) is 0 Å². The summed E-state index contributed by atoms with van der Waals surface area (Å²) >= 11 is 3.33. The summed E-state index contributed by atoms with van der Waals surface area (Å²) in [7, 11) is 0. The van der Waals surface area contributed by atoms with Gasteiger partial charge in [-0.3, -0.25) is 0 Å². The van der Waals surface area contributed by atoms with E-state index in [1.54, 1.807) is 6.07 Å². The molecule has 2 N–H and O–H groups in total. The van der Waals surface area contributed by atoms with E-state index in [9.17, 15) is 4.39 Å². The first kappa shape index (κ1) is 13.9. The first-order valence-corrected chi connectivity index (χ1v) is 6.70. The van der Waals surface area contributed by atoms with Gasteiger partial charge in [-0.2, -0.15) is 0 Å². The van der Waals surface area contributed by atoms with Gasteiger partial charge in [0.25, 0.3) is 0 Å². The van der Waals surface area contributed by atoms with Crippen LogP contribution in [0.15, 0.2) is 34.8 Å². The van der Waals surface area contributed by atoms with Gasteiger partial charge in [-0.05, 0) is 49.2 Å². The monoisotopic (exact) mass is 323 g/mol. The SMILES string of the molecule is Cc1cc(N)cc(C)c1OCc1ccc(F)cc1Br. The van der Waals surface area contributed by atoms with Crippen molar-refractivity contribution >= 4 is 21.6 Å². The zero-order valence-electron chi connectivity index (χ0n) is 10.8. The highest BCUT2D eigenvalue weighted by atomic mass is 79.9. The topological polar surface area (TPSA) is 35.2 Å². The molecule has 2 nitrogen and oxygen atoms in total. The number of aryl methyl sites for hydroxylation is 2. The van der Waals surface area contributed by atoms with E-state index in [1.807, 2.05) is 26.0 Å². The summed E-state index contributed by atoms with van der Waals surface area (Å²) in [6, 6.07) is 8.32. The number of nitrogen functional groups attached to an aromatic ring is 1. The fourth-order valence-electron chi connectivity index (χ4n) is 2.00. The third-order valence-electron chi connectivity index (χ3n) is 2.87. The third kappa shape index (κ3) is 3.26. The molecule has 0 aliphatic heterocycles. The van der Waals surface area contributed by atoms with Gasteiger partial charge in [0.05, 0.1) is 0 Å². The van der Waals surface area contributed by atoms with Crippen molar-refractivity contribution in [2.45, 2.75) is 20.5 Å². The van der Waals surface area contributed by atoms with Gasteiger partial charge in [0.2, 0.25) is 0 Å². The number of ether oxygens (including phenoxy) is 1. The lowest BCUT2D eigenvalue weighted by atomic mass is 10.1. The average Bonchev–Trinajstić information content (AvgIpc) is 2.30.